The van der Waals surface area contributed by atoms with Gasteiger partial charge in [0.1, 0.15) is 0 Å². The zero-order chi connectivity index (χ0) is 12.3. The molecule has 3 nitrogen and oxygen atoms in total. The second-order valence-corrected chi connectivity index (χ2v) is 4.87. The first-order chi connectivity index (χ1) is 8.16. The Balaban J connectivity index is 1.96. The maximum absolute atomic E-state index is 11.2. The van der Waals surface area contributed by atoms with Crippen molar-refractivity contribution in [3.63, 3.8) is 0 Å². The Morgan fingerprint density at radius 2 is 2.00 bits per heavy atom. The van der Waals surface area contributed by atoms with Gasteiger partial charge in [-0.25, -0.2) is 0 Å². The zero-order valence-corrected chi connectivity index (χ0v) is 10.2. The van der Waals surface area contributed by atoms with Gasteiger partial charge >= 0.3 is 5.97 Å². The summed E-state index contributed by atoms with van der Waals surface area (Å²) in [5.74, 6) is -0.635. The van der Waals surface area contributed by atoms with Gasteiger partial charge in [0.2, 0.25) is 0 Å². The van der Waals surface area contributed by atoms with Gasteiger partial charge in [-0.1, -0.05) is 37.3 Å². The second-order valence-electron chi connectivity index (χ2n) is 4.87. The van der Waals surface area contributed by atoms with Crippen LogP contribution in [0.4, 0.5) is 0 Å². The summed E-state index contributed by atoms with van der Waals surface area (Å²) in [7, 11) is 0. The molecule has 0 unspecified atom stereocenters. The van der Waals surface area contributed by atoms with Gasteiger partial charge in [0.05, 0.1) is 5.41 Å². The van der Waals surface area contributed by atoms with Gasteiger partial charge in [0.15, 0.2) is 0 Å². The number of carboxylic acids is 1. The van der Waals surface area contributed by atoms with Crippen LogP contribution in [0.15, 0.2) is 30.3 Å². The number of hydrogen-bond donors (Lipinski definition) is 1. The topological polar surface area (TPSA) is 40.5 Å². The molecule has 1 aromatic rings. The van der Waals surface area contributed by atoms with Crippen LogP contribution in [0.5, 0.6) is 0 Å². The lowest BCUT2D eigenvalue weighted by Crippen LogP contribution is -2.34. The van der Waals surface area contributed by atoms with Crippen LogP contribution in [0.1, 0.15) is 25.3 Å². The zero-order valence-electron chi connectivity index (χ0n) is 10.2. The first-order valence-corrected chi connectivity index (χ1v) is 6.16. The summed E-state index contributed by atoms with van der Waals surface area (Å²) < 4.78 is 0. The standard InChI is InChI=1S/C14H19NO2/c1-2-15(10-12-6-4-3-5-7-12)11-14(8-9-14)13(16)17/h3-7H,2,8-11H2,1H3,(H,16,17). The Morgan fingerprint density at radius 1 is 1.35 bits per heavy atom. The molecule has 0 bridgehead atoms. The summed E-state index contributed by atoms with van der Waals surface area (Å²) in [6, 6.07) is 10.2. The van der Waals surface area contributed by atoms with Gasteiger partial charge in [-0.3, -0.25) is 9.69 Å². The Bertz CT molecular complexity index is 384. The fourth-order valence-electron chi connectivity index (χ4n) is 2.14. The molecule has 0 saturated heterocycles. The monoisotopic (exact) mass is 233 g/mol. The van der Waals surface area contributed by atoms with Crippen molar-refractivity contribution in [3.8, 4) is 0 Å². The molecule has 1 aromatic carbocycles. The van der Waals surface area contributed by atoms with Crippen molar-refractivity contribution in [2.75, 3.05) is 13.1 Å². The molecule has 1 N–H and O–H groups in total. The van der Waals surface area contributed by atoms with Gasteiger partial charge in [0, 0.05) is 13.1 Å². The largest absolute Gasteiger partial charge is 0.481 e. The van der Waals surface area contributed by atoms with E-state index in [1.54, 1.807) is 0 Å². The van der Waals surface area contributed by atoms with Crippen molar-refractivity contribution in [1.29, 1.82) is 0 Å². The van der Waals surface area contributed by atoms with Crippen molar-refractivity contribution < 1.29 is 9.90 Å². The molecule has 2 rings (SSSR count). The Labute approximate surface area is 102 Å². The minimum absolute atomic E-state index is 0.454. The molecule has 0 atom stereocenters. The number of nitrogens with zero attached hydrogens (tertiary/aromatic N) is 1. The summed E-state index contributed by atoms with van der Waals surface area (Å²) in [4.78, 5) is 13.4. The number of carboxylic acid groups (broad SMARTS) is 1. The molecule has 1 fully saturated rings. The number of hydrogen-bond acceptors (Lipinski definition) is 2. The van der Waals surface area contributed by atoms with Crippen LogP contribution in [-0.2, 0) is 11.3 Å². The molecule has 92 valence electrons. The highest BCUT2D eigenvalue weighted by Crippen LogP contribution is 2.46. The molecule has 0 aromatic heterocycles. The van der Waals surface area contributed by atoms with E-state index in [2.05, 4.69) is 24.0 Å². The maximum Gasteiger partial charge on any atom is 0.310 e. The van der Waals surface area contributed by atoms with E-state index in [9.17, 15) is 9.90 Å². The van der Waals surface area contributed by atoms with E-state index < -0.39 is 11.4 Å². The molecular formula is C14H19NO2. The highest BCUT2D eigenvalue weighted by atomic mass is 16.4. The third kappa shape index (κ3) is 2.86. The third-order valence-corrected chi connectivity index (χ3v) is 3.53. The smallest absolute Gasteiger partial charge is 0.310 e. The fourth-order valence-corrected chi connectivity index (χ4v) is 2.14. The molecular weight excluding hydrogens is 214 g/mol. The lowest BCUT2D eigenvalue weighted by molar-refractivity contribution is -0.144. The summed E-state index contributed by atoms with van der Waals surface area (Å²) in [6.45, 7) is 4.49. The van der Waals surface area contributed by atoms with Crippen molar-refractivity contribution in [2.24, 2.45) is 5.41 Å². The molecule has 0 aliphatic heterocycles. The number of rotatable bonds is 6. The van der Waals surface area contributed by atoms with E-state index >= 15 is 0 Å². The molecule has 1 saturated carbocycles. The normalized spacial score (nSPS) is 17.1. The van der Waals surface area contributed by atoms with Crippen LogP contribution in [0.25, 0.3) is 0 Å². The SMILES string of the molecule is CCN(Cc1ccccc1)CC1(C(=O)O)CC1. The minimum Gasteiger partial charge on any atom is -0.481 e. The van der Waals surface area contributed by atoms with Crippen LogP contribution in [0.2, 0.25) is 0 Å². The predicted molar refractivity (Wildman–Crippen MR) is 66.7 cm³/mol. The van der Waals surface area contributed by atoms with E-state index in [1.165, 1.54) is 5.56 Å². The van der Waals surface area contributed by atoms with Gasteiger partial charge < -0.3 is 5.11 Å². The highest BCUT2D eigenvalue weighted by molar-refractivity contribution is 5.78. The van der Waals surface area contributed by atoms with Crippen molar-refractivity contribution in [3.05, 3.63) is 35.9 Å². The Hall–Kier alpha value is -1.35. The predicted octanol–water partition coefficient (Wildman–Crippen LogP) is 2.37. The van der Waals surface area contributed by atoms with Crippen LogP contribution < -0.4 is 0 Å². The quantitative estimate of drug-likeness (QED) is 0.820. The first-order valence-electron chi connectivity index (χ1n) is 6.16. The molecule has 0 spiro atoms. The average Bonchev–Trinajstić information content (AvgIpc) is 3.10. The number of aliphatic carboxylic acids is 1. The number of benzene rings is 1. The van der Waals surface area contributed by atoms with Crippen LogP contribution in [0.3, 0.4) is 0 Å². The average molecular weight is 233 g/mol. The van der Waals surface area contributed by atoms with Crippen molar-refractivity contribution in [2.45, 2.75) is 26.3 Å². The van der Waals surface area contributed by atoms with Crippen LogP contribution in [-0.4, -0.2) is 29.1 Å². The van der Waals surface area contributed by atoms with E-state index in [4.69, 9.17) is 0 Å². The molecule has 3 heteroatoms. The van der Waals surface area contributed by atoms with E-state index in [0.717, 1.165) is 25.9 Å². The Morgan fingerprint density at radius 3 is 2.47 bits per heavy atom. The van der Waals surface area contributed by atoms with Crippen LogP contribution in [0, 0.1) is 5.41 Å². The van der Waals surface area contributed by atoms with Crippen LogP contribution >= 0.6 is 0 Å². The van der Waals surface area contributed by atoms with Gasteiger partial charge in [0.25, 0.3) is 0 Å². The molecule has 17 heavy (non-hydrogen) atoms. The van der Waals surface area contributed by atoms with Gasteiger partial charge in [-0.2, -0.15) is 0 Å². The molecule has 0 radical (unpaired) electrons. The second kappa shape index (κ2) is 4.88. The van der Waals surface area contributed by atoms with E-state index in [-0.39, 0.29) is 0 Å². The molecule has 1 aliphatic rings. The van der Waals surface area contributed by atoms with Crippen molar-refractivity contribution >= 4 is 5.97 Å². The summed E-state index contributed by atoms with van der Waals surface area (Å²) in [5, 5.41) is 9.19. The van der Waals surface area contributed by atoms with Gasteiger partial charge in [-0.15, -0.1) is 0 Å². The first kappa shape index (κ1) is 12.1. The summed E-state index contributed by atoms with van der Waals surface area (Å²) in [6.07, 6.45) is 1.65. The molecule has 0 heterocycles. The Kier molecular flexibility index (Phi) is 3.48. The lowest BCUT2D eigenvalue weighted by Gasteiger charge is -2.24. The summed E-state index contributed by atoms with van der Waals surface area (Å²) in [5.41, 5.74) is 0.792. The number of carbonyl (C=O) groups is 1. The highest BCUT2D eigenvalue weighted by Gasteiger charge is 2.50. The van der Waals surface area contributed by atoms with Crippen molar-refractivity contribution in [1.82, 2.24) is 4.90 Å². The maximum atomic E-state index is 11.2. The molecule has 0 amide bonds. The molecule has 1 aliphatic carbocycles. The third-order valence-electron chi connectivity index (χ3n) is 3.53. The summed E-state index contributed by atoms with van der Waals surface area (Å²) >= 11 is 0. The van der Waals surface area contributed by atoms with E-state index in [1.807, 2.05) is 18.2 Å². The fraction of sp³-hybridized carbons (Fsp3) is 0.500. The van der Waals surface area contributed by atoms with Gasteiger partial charge in [-0.05, 0) is 24.9 Å². The minimum atomic E-state index is -0.635. The lowest BCUT2D eigenvalue weighted by atomic mass is 10.1. The van der Waals surface area contributed by atoms with E-state index in [0.29, 0.717) is 6.54 Å².